The number of oxime groups is 1. The Morgan fingerprint density at radius 2 is 2.14 bits per heavy atom. The van der Waals surface area contributed by atoms with Crippen molar-refractivity contribution in [2.45, 2.75) is 25.2 Å². The molecule has 110 valence electrons. The molecule has 2 fully saturated rings. The number of fused-ring (bicyclic) bond motifs is 2. The van der Waals surface area contributed by atoms with Gasteiger partial charge in [-0.05, 0) is 25.0 Å². The molecule has 2 aliphatic heterocycles. The highest BCUT2D eigenvalue weighted by atomic mass is 16.7. The van der Waals surface area contributed by atoms with Crippen LogP contribution in [0.2, 0.25) is 0 Å². The minimum atomic E-state index is -0.683. The fourth-order valence-electron chi connectivity index (χ4n) is 2.16. The van der Waals surface area contributed by atoms with Gasteiger partial charge in [0.1, 0.15) is 5.71 Å². The lowest BCUT2D eigenvalue weighted by molar-refractivity contribution is -0.384. The van der Waals surface area contributed by atoms with E-state index in [1.54, 1.807) is 0 Å². The lowest BCUT2D eigenvalue weighted by atomic mass is 10.1. The van der Waals surface area contributed by atoms with Gasteiger partial charge in [-0.15, -0.1) is 0 Å². The normalized spacial score (nSPS) is 25.8. The van der Waals surface area contributed by atoms with Crippen molar-refractivity contribution in [2.75, 3.05) is 6.61 Å². The van der Waals surface area contributed by atoms with Gasteiger partial charge in [-0.3, -0.25) is 10.1 Å². The minimum absolute atomic E-state index is 0.0936. The Bertz CT molecular complexity index is 597. The molecule has 21 heavy (non-hydrogen) atoms. The summed E-state index contributed by atoms with van der Waals surface area (Å²) in [7, 11) is 0. The molecule has 8 nitrogen and oxygen atoms in total. The molecule has 1 aromatic carbocycles. The second kappa shape index (κ2) is 5.58. The average Bonchev–Trinajstić information content (AvgIpc) is 2.88. The number of carbonyl (C=O) groups excluding carboxylic acids is 1. The van der Waals surface area contributed by atoms with E-state index in [2.05, 4.69) is 5.16 Å². The van der Waals surface area contributed by atoms with Gasteiger partial charge in [-0.1, -0.05) is 5.16 Å². The highest BCUT2D eigenvalue weighted by molar-refractivity contribution is 5.92. The summed E-state index contributed by atoms with van der Waals surface area (Å²) in [5.74, 6) is -0.683. The van der Waals surface area contributed by atoms with Gasteiger partial charge in [0.2, 0.25) is 6.29 Å². The van der Waals surface area contributed by atoms with Gasteiger partial charge >= 0.3 is 5.97 Å². The highest BCUT2D eigenvalue weighted by Gasteiger charge is 2.35. The summed E-state index contributed by atoms with van der Waals surface area (Å²) in [6.07, 6.45) is 1.00. The predicted octanol–water partition coefficient (Wildman–Crippen LogP) is 1.64. The molecule has 0 N–H and O–H groups in total. The van der Waals surface area contributed by atoms with E-state index in [1.807, 2.05) is 0 Å². The molecule has 0 radical (unpaired) electrons. The van der Waals surface area contributed by atoms with Crippen LogP contribution in [0.1, 0.15) is 23.2 Å². The first-order valence-corrected chi connectivity index (χ1v) is 6.43. The summed E-state index contributed by atoms with van der Waals surface area (Å²) in [4.78, 5) is 26.6. The number of hydrogen-bond acceptors (Lipinski definition) is 7. The van der Waals surface area contributed by atoms with Crippen LogP contribution in [0, 0.1) is 10.1 Å². The fraction of sp³-hybridized carbons (Fsp3) is 0.385. The smallest absolute Gasteiger partial charge is 0.344 e. The molecule has 3 rings (SSSR count). The van der Waals surface area contributed by atoms with Crippen molar-refractivity contribution < 1.29 is 24.0 Å². The van der Waals surface area contributed by atoms with Crippen LogP contribution < -0.4 is 0 Å². The van der Waals surface area contributed by atoms with E-state index in [9.17, 15) is 14.9 Å². The molecule has 2 heterocycles. The van der Waals surface area contributed by atoms with E-state index in [1.165, 1.54) is 24.3 Å². The molecule has 2 atom stereocenters. The zero-order valence-electron chi connectivity index (χ0n) is 10.9. The summed E-state index contributed by atoms with van der Waals surface area (Å²) < 4.78 is 10.8. The number of ether oxygens (including phenoxy) is 2. The van der Waals surface area contributed by atoms with E-state index in [4.69, 9.17) is 14.3 Å². The van der Waals surface area contributed by atoms with Crippen molar-refractivity contribution in [1.82, 2.24) is 0 Å². The van der Waals surface area contributed by atoms with E-state index >= 15 is 0 Å². The van der Waals surface area contributed by atoms with E-state index in [0.717, 1.165) is 6.42 Å². The Hall–Kier alpha value is -2.32. The Morgan fingerprint density at radius 3 is 2.86 bits per heavy atom. The fourth-order valence-corrected chi connectivity index (χ4v) is 2.16. The third kappa shape index (κ3) is 2.91. The molecule has 2 aliphatic rings. The van der Waals surface area contributed by atoms with E-state index < -0.39 is 17.2 Å². The van der Waals surface area contributed by atoms with Crippen molar-refractivity contribution in [2.24, 2.45) is 5.16 Å². The first-order chi connectivity index (χ1) is 10.1. The lowest BCUT2D eigenvalue weighted by Gasteiger charge is -2.18. The number of non-ortho nitro benzene ring substituents is 1. The summed E-state index contributed by atoms with van der Waals surface area (Å²) in [5.41, 5.74) is 0.634. The van der Waals surface area contributed by atoms with Crippen LogP contribution >= 0.6 is 0 Å². The lowest BCUT2D eigenvalue weighted by Crippen LogP contribution is -2.28. The number of carbonyl (C=O) groups is 1. The van der Waals surface area contributed by atoms with Gasteiger partial charge in [-0.2, -0.15) is 0 Å². The van der Waals surface area contributed by atoms with Crippen molar-refractivity contribution >= 4 is 17.4 Å². The Kier molecular flexibility index (Phi) is 3.63. The molecule has 0 aromatic heterocycles. The molecule has 2 bridgehead atoms. The van der Waals surface area contributed by atoms with Crippen LogP contribution in [0.15, 0.2) is 29.4 Å². The van der Waals surface area contributed by atoms with Crippen LogP contribution in [0.3, 0.4) is 0 Å². The van der Waals surface area contributed by atoms with Crippen molar-refractivity contribution in [1.29, 1.82) is 0 Å². The molecular weight excluding hydrogens is 280 g/mol. The number of nitro groups is 1. The maximum absolute atomic E-state index is 11.8. The van der Waals surface area contributed by atoms with Gasteiger partial charge in [-0.25, -0.2) is 4.79 Å². The van der Waals surface area contributed by atoms with Gasteiger partial charge < -0.3 is 14.3 Å². The predicted molar refractivity (Wildman–Crippen MR) is 69.8 cm³/mol. The molecule has 1 aromatic rings. The monoisotopic (exact) mass is 292 g/mol. The van der Waals surface area contributed by atoms with Gasteiger partial charge in [0, 0.05) is 12.1 Å². The van der Waals surface area contributed by atoms with Crippen LogP contribution in [0.25, 0.3) is 0 Å². The molecule has 0 aliphatic carbocycles. The average molecular weight is 292 g/mol. The van der Waals surface area contributed by atoms with Gasteiger partial charge in [0.15, 0.2) is 0 Å². The van der Waals surface area contributed by atoms with Crippen molar-refractivity contribution in [3.05, 3.63) is 39.9 Å². The molecule has 8 heteroatoms. The molecule has 0 saturated carbocycles. The third-order valence-corrected chi connectivity index (χ3v) is 3.30. The van der Waals surface area contributed by atoms with Gasteiger partial charge in [0.25, 0.3) is 5.69 Å². The third-order valence-electron chi connectivity index (χ3n) is 3.30. The van der Waals surface area contributed by atoms with Crippen LogP contribution in [-0.2, 0) is 14.3 Å². The standard InChI is InChI=1S/C13H12N2O6/c16-12(8-1-3-9(4-2-8)15(17)18)21-14-11-6-5-10-7-19-13(11)20-10/h1-4,10,13H,5-7H2/b14-11+/t10-,13+/m0/s1. The zero-order chi connectivity index (χ0) is 14.8. The summed E-state index contributed by atoms with van der Waals surface area (Å²) in [5, 5.41) is 14.3. The maximum atomic E-state index is 11.8. The highest BCUT2D eigenvalue weighted by Crippen LogP contribution is 2.25. The number of rotatable bonds is 3. The van der Waals surface area contributed by atoms with Crippen LogP contribution in [-0.4, -0.2) is 35.6 Å². The summed E-state index contributed by atoms with van der Waals surface area (Å²) in [6.45, 7) is 0.528. The maximum Gasteiger partial charge on any atom is 0.365 e. The number of nitrogens with zero attached hydrogens (tertiary/aromatic N) is 2. The second-order valence-electron chi connectivity index (χ2n) is 4.73. The SMILES string of the molecule is O=C(O/N=C1\CC[C@H]2CO[C@@H]1O2)c1ccc([N+](=O)[O-])cc1. The second-order valence-corrected chi connectivity index (χ2v) is 4.73. The molecule has 2 saturated heterocycles. The van der Waals surface area contributed by atoms with Gasteiger partial charge in [0.05, 0.1) is 23.2 Å². The molecular formula is C13H12N2O6. The zero-order valence-corrected chi connectivity index (χ0v) is 10.9. The Labute approximate surface area is 119 Å². The van der Waals surface area contributed by atoms with E-state index in [-0.39, 0.29) is 17.4 Å². The first-order valence-electron chi connectivity index (χ1n) is 6.43. The largest absolute Gasteiger partial charge is 0.365 e. The summed E-state index contributed by atoms with van der Waals surface area (Å²) in [6, 6.07) is 5.11. The van der Waals surface area contributed by atoms with Crippen LogP contribution in [0.5, 0.6) is 0 Å². The molecule has 0 amide bonds. The molecule has 0 unspecified atom stereocenters. The van der Waals surface area contributed by atoms with Crippen LogP contribution in [0.4, 0.5) is 5.69 Å². The minimum Gasteiger partial charge on any atom is -0.344 e. The molecule has 0 spiro atoms. The first kappa shape index (κ1) is 13.7. The van der Waals surface area contributed by atoms with Crippen molar-refractivity contribution in [3.8, 4) is 0 Å². The number of nitro benzene ring substituents is 1. The number of benzene rings is 1. The summed E-state index contributed by atoms with van der Waals surface area (Å²) >= 11 is 0. The van der Waals surface area contributed by atoms with Crippen molar-refractivity contribution in [3.63, 3.8) is 0 Å². The topological polar surface area (TPSA) is 100 Å². The van der Waals surface area contributed by atoms with E-state index in [0.29, 0.717) is 18.7 Å². The quantitative estimate of drug-likeness (QED) is 0.477. The number of hydrogen-bond donors (Lipinski definition) is 0. The Morgan fingerprint density at radius 1 is 1.38 bits per heavy atom. The Balaban J connectivity index is 1.64.